The standard InChI is InChI=1S/C18H22FN3O2/c19-16-2-1-3-17(8-16)24-12-14-6-4-13(5-7-14)9-20-18(23)15-10-21-22-11-15/h1-3,8,10-11,13-14H,4-7,9,12H2,(H,20,23)(H,21,22). The topological polar surface area (TPSA) is 67.0 Å². The molecule has 3 rings (SSSR count). The quantitative estimate of drug-likeness (QED) is 0.854. The number of amides is 1. The fourth-order valence-electron chi connectivity index (χ4n) is 3.09. The van der Waals surface area contributed by atoms with Crippen molar-refractivity contribution in [2.75, 3.05) is 13.2 Å². The first-order valence-corrected chi connectivity index (χ1v) is 8.36. The monoisotopic (exact) mass is 331 g/mol. The van der Waals surface area contributed by atoms with E-state index >= 15 is 0 Å². The summed E-state index contributed by atoms with van der Waals surface area (Å²) >= 11 is 0. The second-order valence-corrected chi connectivity index (χ2v) is 6.35. The molecular formula is C18H22FN3O2. The molecular weight excluding hydrogens is 309 g/mol. The Morgan fingerprint density at radius 3 is 2.79 bits per heavy atom. The average Bonchev–Trinajstić information content (AvgIpc) is 3.13. The Morgan fingerprint density at radius 1 is 1.29 bits per heavy atom. The minimum atomic E-state index is -0.274. The highest BCUT2D eigenvalue weighted by atomic mass is 19.1. The van der Waals surface area contributed by atoms with Crippen molar-refractivity contribution in [3.05, 3.63) is 48.0 Å². The van der Waals surface area contributed by atoms with E-state index in [2.05, 4.69) is 15.5 Å². The van der Waals surface area contributed by atoms with Crippen LogP contribution in [0.3, 0.4) is 0 Å². The summed E-state index contributed by atoms with van der Waals surface area (Å²) in [7, 11) is 0. The highest BCUT2D eigenvalue weighted by molar-refractivity contribution is 5.93. The van der Waals surface area contributed by atoms with Crippen LogP contribution in [0.4, 0.5) is 4.39 Å². The third-order valence-electron chi connectivity index (χ3n) is 4.56. The minimum absolute atomic E-state index is 0.0830. The smallest absolute Gasteiger partial charge is 0.254 e. The van der Waals surface area contributed by atoms with Gasteiger partial charge in [0.1, 0.15) is 11.6 Å². The second-order valence-electron chi connectivity index (χ2n) is 6.35. The zero-order valence-corrected chi connectivity index (χ0v) is 13.5. The molecule has 1 aromatic carbocycles. The normalized spacial score (nSPS) is 20.5. The van der Waals surface area contributed by atoms with E-state index in [0.29, 0.717) is 36.3 Å². The van der Waals surface area contributed by atoms with Gasteiger partial charge in [0, 0.05) is 18.8 Å². The first-order chi connectivity index (χ1) is 11.7. The summed E-state index contributed by atoms with van der Waals surface area (Å²) in [6, 6.07) is 6.26. The van der Waals surface area contributed by atoms with Gasteiger partial charge < -0.3 is 10.1 Å². The molecule has 0 spiro atoms. The molecule has 1 aliphatic rings. The van der Waals surface area contributed by atoms with Crippen molar-refractivity contribution in [3.63, 3.8) is 0 Å². The van der Waals surface area contributed by atoms with E-state index in [0.717, 1.165) is 25.7 Å². The van der Waals surface area contributed by atoms with Crippen LogP contribution in [0.2, 0.25) is 0 Å². The number of carbonyl (C=O) groups is 1. The molecule has 128 valence electrons. The molecule has 1 amide bonds. The van der Waals surface area contributed by atoms with Crippen LogP contribution in [0.1, 0.15) is 36.0 Å². The van der Waals surface area contributed by atoms with Gasteiger partial charge >= 0.3 is 0 Å². The Labute approximate surface area is 140 Å². The van der Waals surface area contributed by atoms with E-state index in [-0.39, 0.29) is 11.7 Å². The number of ether oxygens (including phenoxy) is 1. The van der Waals surface area contributed by atoms with Crippen LogP contribution in [0.5, 0.6) is 5.75 Å². The number of hydrogen-bond donors (Lipinski definition) is 2. The molecule has 0 bridgehead atoms. The lowest BCUT2D eigenvalue weighted by atomic mass is 9.82. The molecule has 1 heterocycles. The first kappa shape index (κ1) is 16.5. The van der Waals surface area contributed by atoms with E-state index < -0.39 is 0 Å². The Hall–Kier alpha value is -2.37. The molecule has 1 fully saturated rings. The van der Waals surface area contributed by atoms with Crippen molar-refractivity contribution in [2.45, 2.75) is 25.7 Å². The lowest BCUT2D eigenvalue weighted by molar-refractivity contribution is 0.0938. The number of nitrogens with zero attached hydrogens (tertiary/aromatic N) is 1. The summed E-state index contributed by atoms with van der Waals surface area (Å²) < 4.78 is 18.8. The van der Waals surface area contributed by atoms with Crippen LogP contribution in [-0.4, -0.2) is 29.3 Å². The molecule has 1 aromatic heterocycles. The Balaban J connectivity index is 1.36. The lowest BCUT2D eigenvalue weighted by Crippen LogP contribution is -2.31. The molecule has 0 saturated heterocycles. The first-order valence-electron chi connectivity index (χ1n) is 8.36. The summed E-state index contributed by atoms with van der Waals surface area (Å²) in [4.78, 5) is 11.9. The number of benzene rings is 1. The lowest BCUT2D eigenvalue weighted by Gasteiger charge is -2.28. The van der Waals surface area contributed by atoms with Crippen LogP contribution in [0.15, 0.2) is 36.7 Å². The fourth-order valence-corrected chi connectivity index (χ4v) is 3.09. The Kier molecular flexibility index (Phi) is 5.46. The third-order valence-corrected chi connectivity index (χ3v) is 4.56. The van der Waals surface area contributed by atoms with Gasteiger partial charge in [-0.15, -0.1) is 0 Å². The molecule has 1 saturated carbocycles. The van der Waals surface area contributed by atoms with Crippen molar-refractivity contribution < 1.29 is 13.9 Å². The summed E-state index contributed by atoms with van der Waals surface area (Å²) in [6.07, 6.45) is 7.40. The molecule has 0 aliphatic heterocycles. The molecule has 2 N–H and O–H groups in total. The van der Waals surface area contributed by atoms with Gasteiger partial charge in [-0.1, -0.05) is 6.07 Å². The maximum Gasteiger partial charge on any atom is 0.254 e. The molecule has 2 aromatic rings. The van der Waals surface area contributed by atoms with E-state index in [9.17, 15) is 9.18 Å². The summed E-state index contributed by atoms with van der Waals surface area (Å²) in [5.74, 6) is 1.23. The van der Waals surface area contributed by atoms with Crippen LogP contribution >= 0.6 is 0 Å². The number of aromatic amines is 1. The third kappa shape index (κ3) is 4.57. The van der Waals surface area contributed by atoms with Gasteiger partial charge in [0.2, 0.25) is 0 Å². The average molecular weight is 331 g/mol. The summed E-state index contributed by atoms with van der Waals surface area (Å²) in [6.45, 7) is 1.32. The zero-order chi connectivity index (χ0) is 16.8. The number of nitrogens with one attached hydrogen (secondary N) is 2. The fraction of sp³-hybridized carbons (Fsp3) is 0.444. The molecule has 24 heavy (non-hydrogen) atoms. The summed E-state index contributed by atoms with van der Waals surface area (Å²) in [5, 5.41) is 9.37. The van der Waals surface area contributed by atoms with Crippen LogP contribution in [0.25, 0.3) is 0 Å². The highest BCUT2D eigenvalue weighted by Gasteiger charge is 2.22. The van der Waals surface area contributed by atoms with Crippen molar-refractivity contribution in [1.82, 2.24) is 15.5 Å². The van der Waals surface area contributed by atoms with E-state index in [1.165, 1.54) is 18.3 Å². The molecule has 0 unspecified atom stereocenters. The van der Waals surface area contributed by atoms with Gasteiger partial charge in [-0.25, -0.2) is 4.39 Å². The van der Waals surface area contributed by atoms with Gasteiger partial charge in [0.25, 0.3) is 5.91 Å². The van der Waals surface area contributed by atoms with Crippen LogP contribution in [0, 0.1) is 17.7 Å². The van der Waals surface area contributed by atoms with Gasteiger partial charge in [-0.05, 0) is 49.7 Å². The SMILES string of the molecule is O=C(NCC1CCC(COc2cccc(F)c2)CC1)c1cn[nH]c1. The van der Waals surface area contributed by atoms with Crippen molar-refractivity contribution in [2.24, 2.45) is 11.8 Å². The number of aromatic nitrogens is 2. The van der Waals surface area contributed by atoms with Gasteiger partial charge in [0.15, 0.2) is 0 Å². The van der Waals surface area contributed by atoms with Gasteiger partial charge in [-0.3, -0.25) is 9.89 Å². The molecule has 6 heteroatoms. The zero-order valence-electron chi connectivity index (χ0n) is 13.5. The van der Waals surface area contributed by atoms with Gasteiger partial charge in [0.05, 0.1) is 18.4 Å². The summed E-state index contributed by atoms with van der Waals surface area (Å²) in [5.41, 5.74) is 0.562. The number of H-pyrrole nitrogens is 1. The van der Waals surface area contributed by atoms with E-state index in [1.54, 1.807) is 18.3 Å². The molecule has 1 aliphatic carbocycles. The Bertz CT molecular complexity index is 652. The van der Waals surface area contributed by atoms with Crippen molar-refractivity contribution in [3.8, 4) is 5.75 Å². The molecule has 5 nitrogen and oxygen atoms in total. The largest absolute Gasteiger partial charge is 0.493 e. The van der Waals surface area contributed by atoms with E-state index in [4.69, 9.17) is 4.74 Å². The number of carbonyl (C=O) groups excluding carboxylic acids is 1. The van der Waals surface area contributed by atoms with Crippen LogP contribution in [-0.2, 0) is 0 Å². The second kappa shape index (κ2) is 7.95. The minimum Gasteiger partial charge on any atom is -0.493 e. The predicted molar refractivity (Wildman–Crippen MR) is 88.3 cm³/mol. The molecule has 0 radical (unpaired) electrons. The number of hydrogen-bond acceptors (Lipinski definition) is 3. The number of halogens is 1. The highest BCUT2D eigenvalue weighted by Crippen LogP contribution is 2.29. The van der Waals surface area contributed by atoms with Crippen LogP contribution < -0.4 is 10.1 Å². The van der Waals surface area contributed by atoms with Gasteiger partial charge in [-0.2, -0.15) is 5.10 Å². The maximum absolute atomic E-state index is 13.1. The Morgan fingerprint density at radius 2 is 2.08 bits per heavy atom. The van der Waals surface area contributed by atoms with E-state index in [1.807, 2.05) is 0 Å². The maximum atomic E-state index is 13.1. The molecule has 0 atom stereocenters. The number of rotatable bonds is 6. The predicted octanol–water partition coefficient (Wildman–Crippen LogP) is 3.16. The van der Waals surface area contributed by atoms with Crippen molar-refractivity contribution in [1.29, 1.82) is 0 Å². The van der Waals surface area contributed by atoms with Crippen molar-refractivity contribution >= 4 is 5.91 Å².